The third-order valence-electron chi connectivity index (χ3n) is 16.2. The van der Waals surface area contributed by atoms with Gasteiger partial charge in [-0.05, 0) is 132 Å². The standard InChI is InChI=1S/C63H55BN2OS/c1-60(2,3)34-20-24-37(25-21-34)66-49-32-46-41(38-26-22-36(62(7,8)9)29-45(38)63(46,10)11)30-44(49)54-55-40-17-13-15-19-53(40)68-59(55)56-43-28-35(61(4,5)6)23-27-48(43)65-50-31-42-39-16-12-14-18-51(39)67-52(42)33-47(50)64(66)57(54)58(56)65/h12-33H,1-11H3. The Balaban J connectivity index is 1.21. The number of para-hydroxylation sites is 1. The SMILES string of the molecule is CC(C)(C)c1ccc(N2B3c4cc5oc6ccccc6c5cc4-n4c5ccc(C(C)(C)C)cc5c5c6sc7ccccc7c6c(c3c54)-c3cc4c(cc32)C(C)(C)c2cc(C(C)(C)C)ccc2-4)cc1. The van der Waals surface area contributed by atoms with Gasteiger partial charge in [-0.15, -0.1) is 11.3 Å². The molecule has 0 amide bonds. The van der Waals surface area contributed by atoms with E-state index in [9.17, 15) is 0 Å². The second-order valence-electron chi connectivity index (χ2n) is 23.8. The fraction of sp³-hybridized carbons (Fsp3) is 0.238. The average molecular weight is 899 g/mol. The summed E-state index contributed by atoms with van der Waals surface area (Å²) in [5.74, 6) is 0. The van der Waals surface area contributed by atoms with Gasteiger partial charge < -0.3 is 13.8 Å². The Morgan fingerprint density at radius 3 is 1.94 bits per heavy atom. The Kier molecular flexibility index (Phi) is 7.71. The molecule has 0 atom stereocenters. The van der Waals surface area contributed by atoms with E-state index in [1.807, 2.05) is 11.3 Å². The number of furan rings is 1. The normalized spacial score (nSPS) is 15.0. The molecular formula is C63H55BN2OS. The lowest BCUT2D eigenvalue weighted by Gasteiger charge is -2.43. The van der Waals surface area contributed by atoms with E-state index < -0.39 is 0 Å². The van der Waals surface area contributed by atoms with Crippen LogP contribution in [0.4, 0.5) is 11.4 Å². The first-order chi connectivity index (χ1) is 32.4. The van der Waals surface area contributed by atoms with Crippen molar-refractivity contribution in [3.63, 3.8) is 0 Å². The highest BCUT2D eigenvalue weighted by molar-refractivity contribution is 7.27. The Morgan fingerprint density at radius 2 is 1.19 bits per heavy atom. The van der Waals surface area contributed by atoms with E-state index >= 15 is 0 Å². The molecule has 0 N–H and O–H groups in total. The van der Waals surface area contributed by atoms with E-state index in [1.165, 1.54) is 120 Å². The van der Waals surface area contributed by atoms with Crippen molar-refractivity contribution >= 4 is 104 Å². The molecule has 0 spiro atoms. The van der Waals surface area contributed by atoms with Crippen LogP contribution >= 0.6 is 11.3 Å². The van der Waals surface area contributed by atoms with Gasteiger partial charge in [0.15, 0.2) is 0 Å². The van der Waals surface area contributed by atoms with Crippen molar-refractivity contribution in [1.29, 1.82) is 0 Å². The molecule has 3 aliphatic rings. The average Bonchev–Trinajstić information content (AvgIpc) is 4.03. The number of fused-ring (bicyclic) bond motifs is 19. The zero-order chi connectivity index (χ0) is 46.7. The minimum absolute atomic E-state index is 0.0163. The molecule has 5 heteroatoms. The van der Waals surface area contributed by atoms with Crippen LogP contribution in [0.15, 0.2) is 138 Å². The zero-order valence-electron chi connectivity index (χ0n) is 41.0. The third kappa shape index (κ3) is 5.21. The summed E-state index contributed by atoms with van der Waals surface area (Å²) in [4.78, 5) is 2.72. The largest absolute Gasteiger partial charge is 0.456 e. The van der Waals surface area contributed by atoms with Gasteiger partial charge in [0.2, 0.25) is 0 Å². The van der Waals surface area contributed by atoms with E-state index in [0.717, 1.165) is 21.9 Å². The van der Waals surface area contributed by atoms with Crippen molar-refractivity contribution in [1.82, 2.24) is 4.57 Å². The van der Waals surface area contributed by atoms with Gasteiger partial charge in [-0.2, -0.15) is 0 Å². The van der Waals surface area contributed by atoms with Crippen molar-refractivity contribution in [3.8, 4) is 27.9 Å². The van der Waals surface area contributed by atoms with Crippen molar-refractivity contribution in [3.05, 3.63) is 161 Å². The molecular weight excluding hydrogens is 844 g/mol. The summed E-state index contributed by atoms with van der Waals surface area (Å²) < 4.78 is 12.2. The summed E-state index contributed by atoms with van der Waals surface area (Å²) >= 11 is 1.97. The Bertz CT molecular complexity index is 4060. The van der Waals surface area contributed by atoms with Crippen molar-refractivity contribution in [2.75, 3.05) is 4.81 Å². The number of nitrogens with zero attached hydrogens (tertiary/aromatic N) is 2. The molecule has 2 aliphatic heterocycles. The maximum atomic E-state index is 6.85. The monoisotopic (exact) mass is 898 g/mol. The van der Waals surface area contributed by atoms with Crippen molar-refractivity contribution in [2.24, 2.45) is 0 Å². The van der Waals surface area contributed by atoms with Crippen LogP contribution in [0.5, 0.6) is 0 Å². The summed E-state index contributed by atoms with van der Waals surface area (Å²) in [6.45, 7) is 25.7. The predicted octanol–water partition coefficient (Wildman–Crippen LogP) is 16.5. The highest BCUT2D eigenvalue weighted by atomic mass is 32.1. The van der Waals surface area contributed by atoms with Gasteiger partial charge in [-0.25, -0.2) is 0 Å². The van der Waals surface area contributed by atoms with Crippen molar-refractivity contribution < 1.29 is 4.42 Å². The number of rotatable bonds is 1. The molecule has 11 aromatic rings. The minimum atomic E-state index is -0.209. The molecule has 5 heterocycles. The van der Waals surface area contributed by atoms with Gasteiger partial charge in [-0.1, -0.05) is 149 Å². The van der Waals surface area contributed by atoms with Crippen molar-refractivity contribution in [2.45, 2.75) is 97.8 Å². The Morgan fingerprint density at radius 1 is 0.529 bits per heavy atom. The van der Waals surface area contributed by atoms with Crippen LogP contribution in [0, 0.1) is 0 Å². The molecule has 3 aromatic heterocycles. The molecule has 332 valence electrons. The summed E-state index contributed by atoms with van der Waals surface area (Å²) in [6, 6.07) is 51.9. The van der Waals surface area contributed by atoms with Gasteiger partial charge in [-0.3, -0.25) is 0 Å². The highest BCUT2D eigenvalue weighted by Crippen LogP contribution is 2.58. The lowest BCUT2D eigenvalue weighted by Crippen LogP contribution is -2.60. The number of aromatic nitrogens is 1. The number of anilines is 2. The first kappa shape index (κ1) is 40.5. The minimum Gasteiger partial charge on any atom is -0.456 e. The quantitative estimate of drug-likeness (QED) is 0.153. The molecule has 14 rings (SSSR count). The van der Waals surface area contributed by atoms with Crippen LogP contribution in [-0.2, 0) is 21.7 Å². The van der Waals surface area contributed by atoms with E-state index in [1.54, 1.807) is 0 Å². The van der Waals surface area contributed by atoms with Crippen LogP contribution in [-0.4, -0.2) is 11.4 Å². The second kappa shape index (κ2) is 12.9. The van der Waals surface area contributed by atoms with Gasteiger partial charge in [0.1, 0.15) is 11.2 Å². The number of thiophene rings is 1. The fourth-order valence-corrected chi connectivity index (χ4v) is 13.8. The molecule has 0 fully saturated rings. The first-order valence-electron chi connectivity index (χ1n) is 24.5. The first-order valence-corrected chi connectivity index (χ1v) is 25.3. The van der Waals surface area contributed by atoms with Gasteiger partial charge in [0, 0.05) is 69.8 Å². The molecule has 68 heavy (non-hydrogen) atoms. The third-order valence-corrected chi connectivity index (χ3v) is 17.4. The van der Waals surface area contributed by atoms with Crippen LogP contribution < -0.4 is 15.7 Å². The number of hydrogen-bond acceptors (Lipinski definition) is 3. The summed E-state index contributed by atoms with van der Waals surface area (Å²) in [5.41, 5.74) is 22.8. The lowest BCUT2D eigenvalue weighted by atomic mass is 9.43. The molecule has 0 radical (unpaired) electrons. The molecule has 0 unspecified atom stereocenters. The molecule has 0 saturated carbocycles. The smallest absolute Gasteiger partial charge is 0.333 e. The van der Waals surface area contributed by atoms with E-state index in [0.29, 0.717) is 0 Å². The van der Waals surface area contributed by atoms with E-state index in [-0.39, 0.29) is 28.5 Å². The molecule has 1 aliphatic carbocycles. The second-order valence-corrected chi connectivity index (χ2v) is 24.8. The van der Waals surface area contributed by atoms with E-state index in [4.69, 9.17) is 4.42 Å². The van der Waals surface area contributed by atoms with Crippen LogP contribution in [0.2, 0.25) is 0 Å². The summed E-state index contributed by atoms with van der Waals surface area (Å²) in [7, 11) is 0. The Hall–Kier alpha value is -6.56. The molecule has 8 aromatic carbocycles. The zero-order valence-corrected chi connectivity index (χ0v) is 41.8. The van der Waals surface area contributed by atoms with Gasteiger partial charge in [0.05, 0.1) is 11.0 Å². The summed E-state index contributed by atoms with van der Waals surface area (Å²) in [6.07, 6.45) is 0. The van der Waals surface area contributed by atoms with Crippen LogP contribution in [0.25, 0.3) is 91.9 Å². The fourth-order valence-electron chi connectivity index (χ4n) is 12.6. The van der Waals surface area contributed by atoms with Crippen LogP contribution in [0.1, 0.15) is 104 Å². The number of benzene rings is 8. The summed E-state index contributed by atoms with van der Waals surface area (Å²) in [5, 5.41) is 7.68. The maximum Gasteiger partial charge on any atom is 0.333 e. The maximum absolute atomic E-state index is 6.85. The van der Waals surface area contributed by atoms with Gasteiger partial charge >= 0.3 is 6.85 Å². The topological polar surface area (TPSA) is 21.3 Å². The Labute approximate surface area is 403 Å². The van der Waals surface area contributed by atoms with E-state index in [2.05, 4.69) is 219 Å². The highest BCUT2D eigenvalue weighted by Gasteiger charge is 2.48. The molecule has 3 nitrogen and oxygen atoms in total. The van der Waals surface area contributed by atoms with Gasteiger partial charge in [0.25, 0.3) is 0 Å². The number of hydrogen-bond donors (Lipinski definition) is 0. The molecule has 0 saturated heterocycles. The predicted molar refractivity (Wildman–Crippen MR) is 294 cm³/mol. The van der Waals surface area contributed by atoms with Crippen LogP contribution in [0.3, 0.4) is 0 Å². The lowest BCUT2D eigenvalue weighted by molar-refractivity contribution is 0.584. The molecule has 0 bridgehead atoms.